The Labute approximate surface area is 244 Å². The maximum atomic E-state index is 13.8. The van der Waals surface area contributed by atoms with Crippen LogP contribution in [0.5, 0.6) is 11.5 Å². The van der Waals surface area contributed by atoms with Crippen LogP contribution in [0.25, 0.3) is 0 Å². The molecule has 9 nitrogen and oxygen atoms in total. The molecule has 1 fully saturated rings. The van der Waals surface area contributed by atoms with Crippen LogP contribution in [0.3, 0.4) is 0 Å². The Hall–Kier alpha value is -4.66. The van der Waals surface area contributed by atoms with E-state index in [9.17, 15) is 34.5 Å². The highest BCUT2D eigenvalue weighted by Crippen LogP contribution is 2.44. The number of carbonyl (C=O) groups is 4. The molecule has 9 heteroatoms. The SMILES string of the molecule is CC(C(CCc1ccccc1)c1ccc(Oc2ccccc2)cc1)N(CC(=O)O)C(=O)C1CCC(C(=O)O)(C(=O)O)C1. The van der Waals surface area contributed by atoms with Crippen LogP contribution in [-0.4, -0.2) is 56.6 Å². The zero-order valence-electron chi connectivity index (χ0n) is 23.4. The summed E-state index contributed by atoms with van der Waals surface area (Å²) < 4.78 is 5.93. The van der Waals surface area contributed by atoms with Crippen LogP contribution >= 0.6 is 0 Å². The van der Waals surface area contributed by atoms with Gasteiger partial charge in [0.15, 0.2) is 5.41 Å². The van der Waals surface area contributed by atoms with Crippen LogP contribution in [0.2, 0.25) is 0 Å². The Morgan fingerprint density at radius 1 is 0.857 bits per heavy atom. The molecule has 0 aliphatic heterocycles. The molecule has 42 heavy (non-hydrogen) atoms. The summed E-state index contributed by atoms with van der Waals surface area (Å²) >= 11 is 0. The highest BCUT2D eigenvalue weighted by Gasteiger charge is 2.54. The second-order valence-electron chi connectivity index (χ2n) is 10.8. The summed E-state index contributed by atoms with van der Waals surface area (Å²) in [7, 11) is 0. The van der Waals surface area contributed by atoms with Crippen molar-refractivity contribution < 1.29 is 39.2 Å². The van der Waals surface area contributed by atoms with Gasteiger partial charge in [-0.05, 0) is 74.4 Å². The first kappa shape index (κ1) is 30.3. The van der Waals surface area contributed by atoms with Crippen LogP contribution in [0.4, 0.5) is 0 Å². The van der Waals surface area contributed by atoms with Crippen molar-refractivity contribution in [2.24, 2.45) is 11.3 Å². The first-order valence-corrected chi connectivity index (χ1v) is 14.0. The van der Waals surface area contributed by atoms with E-state index in [1.807, 2.05) is 84.9 Å². The monoisotopic (exact) mass is 573 g/mol. The van der Waals surface area contributed by atoms with Crippen LogP contribution < -0.4 is 4.74 Å². The lowest BCUT2D eigenvalue weighted by Crippen LogP contribution is -2.48. The number of hydrogen-bond donors (Lipinski definition) is 3. The van der Waals surface area contributed by atoms with E-state index in [0.717, 1.165) is 11.1 Å². The molecule has 220 valence electrons. The van der Waals surface area contributed by atoms with Gasteiger partial charge in [-0.1, -0.05) is 60.7 Å². The summed E-state index contributed by atoms with van der Waals surface area (Å²) in [5.41, 5.74) is -0.0723. The molecule has 3 unspecified atom stereocenters. The number of hydrogen-bond acceptors (Lipinski definition) is 5. The van der Waals surface area contributed by atoms with Gasteiger partial charge >= 0.3 is 17.9 Å². The average molecular weight is 574 g/mol. The van der Waals surface area contributed by atoms with E-state index in [1.54, 1.807) is 6.92 Å². The minimum atomic E-state index is -2.06. The Balaban J connectivity index is 1.61. The predicted octanol–water partition coefficient (Wildman–Crippen LogP) is 5.45. The molecule has 0 spiro atoms. The molecule has 3 N–H and O–H groups in total. The number of aliphatic carboxylic acids is 3. The Bertz CT molecular complexity index is 1380. The fourth-order valence-corrected chi connectivity index (χ4v) is 5.82. The lowest BCUT2D eigenvalue weighted by molar-refractivity contribution is -0.164. The van der Waals surface area contributed by atoms with E-state index in [-0.39, 0.29) is 25.2 Å². The molecule has 1 amide bonds. The Morgan fingerprint density at radius 3 is 1.98 bits per heavy atom. The molecule has 4 rings (SSSR count). The fraction of sp³-hybridized carbons (Fsp3) is 0.333. The van der Waals surface area contributed by atoms with E-state index in [2.05, 4.69) is 0 Å². The summed E-state index contributed by atoms with van der Waals surface area (Å²) in [6.07, 6.45) is 0.772. The number of ether oxygens (including phenoxy) is 1. The third-order valence-electron chi connectivity index (χ3n) is 8.22. The van der Waals surface area contributed by atoms with E-state index >= 15 is 0 Å². The third kappa shape index (κ3) is 6.97. The molecule has 3 aromatic rings. The smallest absolute Gasteiger partial charge is 0.323 e. The number of amides is 1. The second-order valence-corrected chi connectivity index (χ2v) is 10.8. The van der Waals surface area contributed by atoms with Crippen molar-refractivity contribution >= 4 is 23.8 Å². The molecule has 1 saturated carbocycles. The molecule has 3 atom stereocenters. The number of carboxylic acid groups (broad SMARTS) is 3. The molecule has 3 aromatic carbocycles. The van der Waals surface area contributed by atoms with Crippen LogP contribution in [0.15, 0.2) is 84.9 Å². The van der Waals surface area contributed by atoms with Gasteiger partial charge < -0.3 is 25.0 Å². The lowest BCUT2D eigenvalue weighted by Gasteiger charge is -2.36. The van der Waals surface area contributed by atoms with Gasteiger partial charge in [0, 0.05) is 17.9 Å². The minimum absolute atomic E-state index is 0.0560. The number of carboxylic acids is 3. The maximum absolute atomic E-state index is 13.8. The number of nitrogens with zero attached hydrogens (tertiary/aromatic N) is 1. The third-order valence-corrected chi connectivity index (χ3v) is 8.22. The van der Waals surface area contributed by atoms with Crippen molar-refractivity contribution in [2.45, 2.75) is 51.0 Å². The first-order chi connectivity index (χ1) is 20.1. The highest BCUT2D eigenvalue weighted by atomic mass is 16.5. The van der Waals surface area contributed by atoms with Crippen molar-refractivity contribution in [3.63, 3.8) is 0 Å². The zero-order chi connectivity index (χ0) is 30.3. The van der Waals surface area contributed by atoms with Crippen LogP contribution in [-0.2, 0) is 25.6 Å². The number of carbonyl (C=O) groups excluding carboxylic acids is 1. The normalized spacial score (nSPS) is 17.1. The summed E-state index contributed by atoms with van der Waals surface area (Å²) in [6.45, 7) is 1.21. The second kappa shape index (κ2) is 13.3. The van der Waals surface area contributed by atoms with Gasteiger partial charge in [0.2, 0.25) is 5.91 Å². The summed E-state index contributed by atoms with van der Waals surface area (Å²) in [6, 6.07) is 26.1. The Kier molecular flexibility index (Phi) is 9.62. The van der Waals surface area contributed by atoms with E-state index < -0.39 is 47.7 Å². The Morgan fingerprint density at radius 2 is 1.43 bits per heavy atom. The standard InChI is InChI=1S/C33H35NO8/c1-22(34(21-29(35)36)30(37)25-18-19-33(20-25,31(38)39)32(40)41)28(17-12-23-8-4-2-5-9-23)24-13-15-27(16-14-24)42-26-10-6-3-7-11-26/h2-11,13-16,22,25,28H,12,17-21H2,1H3,(H,35,36)(H,38,39)(H,40,41). The van der Waals surface area contributed by atoms with Crippen molar-refractivity contribution in [3.05, 3.63) is 96.1 Å². The largest absolute Gasteiger partial charge is 0.480 e. The molecule has 0 aromatic heterocycles. The van der Waals surface area contributed by atoms with E-state index in [0.29, 0.717) is 24.3 Å². The average Bonchev–Trinajstić information content (AvgIpc) is 3.45. The fourth-order valence-electron chi connectivity index (χ4n) is 5.82. The van der Waals surface area contributed by atoms with Gasteiger partial charge in [0.25, 0.3) is 0 Å². The molecule has 0 heterocycles. The lowest BCUT2D eigenvalue weighted by atomic mass is 9.84. The van der Waals surface area contributed by atoms with Gasteiger partial charge in [-0.3, -0.25) is 19.2 Å². The molecular weight excluding hydrogens is 538 g/mol. The number of benzene rings is 3. The molecule has 0 radical (unpaired) electrons. The van der Waals surface area contributed by atoms with Gasteiger partial charge in [-0.15, -0.1) is 0 Å². The van der Waals surface area contributed by atoms with E-state index in [4.69, 9.17) is 4.74 Å². The van der Waals surface area contributed by atoms with E-state index in [1.165, 1.54) is 4.90 Å². The summed E-state index contributed by atoms with van der Waals surface area (Å²) in [5, 5.41) is 29.0. The summed E-state index contributed by atoms with van der Waals surface area (Å²) in [5.74, 6) is -4.58. The van der Waals surface area contributed by atoms with Gasteiger partial charge in [-0.2, -0.15) is 0 Å². The van der Waals surface area contributed by atoms with Crippen molar-refractivity contribution in [3.8, 4) is 11.5 Å². The number of aryl methyl sites for hydroxylation is 1. The van der Waals surface area contributed by atoms with Crippen molar-refractivity contribution in [1.29, 1.82) is 0 Å². The highest BCUT2D eigenvalue weighted by molar-refractivity contribution is 5.99. The molecular formula is C33H35NO8. The molecule has 1 aliphatic carbocycles. The van der Waals surface area contributed by atoms with Crippen LogP contribution in [0, 0.1) is 11.3 Å². The molecule has 1 aliphatic rings. The van der Waals surface area contributed by atoms with Crippen molar-refractivity contribution in [1.82, 2.24) is 4.90 Å². The van der Waals surface area contributed by atoms with Gasteiger partial charge in [0.05, 0.1) is 0 Å². The van der Waals surface area contributed by atoms with Crippen LogP contribution in [0.1, 0.15) is 49.7 Å². The quantitative estimate of drug-likeness (QED) is 0.229. The molecule has 0 bridgehead atoms. The zero-order valence-corrected chi connectivity index (χ0v) is 23.4. The van der Waals surface area contributed by atoms with Crippen molar-refractivity contribution in [2.75, 3.05) is 6.54 Å². The van der Waals surface area contributed by atoms with Gasteiger partial charge in [-0.25, -0.2) is 0 Å². The molecule has 0 saturated heterocycles. The predicted molar refractivity (Wildman–Crippen MR) is 154 cm³/mol. The number of para-hydroxylation sites is 1. The first-order valence-electron chi connectivity index (χ1n) is 14.0. The van der Waals surface area contributed by atoms with Gasteiger partial charge in [0.1, 0.15) is 18.0 Å². The minimum Gasteiger partial charge on any atom is -0.480 e. The summed E-state index contributed by atoms with van der Waals surface area (Å²) in [4.78, 5) is 50.7. The number of rotatable bonds is 13. The maximum Gasteiger partial charge on any atom is 0.323 e. The topological polar surface area (TPSA) is 141 Å².